The largest absolute Gasteiger partial charge is 0.444 e. The quantitative estimate of drug-likeness (QED) is 0.818. The number of rotatable bonds is 5. The number of thiazole rings is 1. The Morgan fingerprint density at radius 3 is 2.62 bits per heavy atom. The van der Waals surface area contributed by atoms with Crippen molar-refractivity contribution < 1.29 is 14.3 Å². The molecule has 1 aromatic heterocycles. The Morgan fingerprint density at radius 2 is 2.05 bits per heavy atom. The van der Waals surface area contributed by atoms with Crippen LogP contribution in [-0.4, -0.2) is 29.1 Å². The molecule has 0 fully saturated rings. The summed E-state index contributed by atoms with van der Waals surface area (Å²) in [6.45, 7) is 11.3. The van der Waals surface area contributed by atoms with Gasteiger partial charge in [-0.2, -0.15) is 0 Å². The second-order valence-electron chi connectivity index (χ2n) is 5.38. The van der Waals surface area contributed by atoms with Gasteiger partial charge in [0.25, 0.3) is 5.91 Å². The molecular weight excluding hydrogens is 290 g/mol. The van der Waals surface area contributed by atoms with E-state index in [1.54, 1.807) is 33.8 Å². The van der Waals surface area contributed by atoms with Gasteiger partial charge in [0.1, 0.15) is 15.5 Å². The number of amides is 2. The van der Waals surface area contributed by atoms with Crippen molar-refractivity contribution >= 4 is 23.3 Å². The first-order valence-electron chi connectivity index (χ1n) is 6.55. The van der Waals surface area contributed by atoms with Crippen molar-refractivity contribution in [2.24, 2.45) is 0 Å². The van der Waals surface area contributed by atoms with E-state index in [0.29, 0.717) is 22.1 Å². The highest BCUT2D eigenvalue weighted by molar-refractivity contribution is 7.13. The summed E-state index contributed by atoms with van der Waals surface area (Å²) in [4.78, 5) is 28.2. The molecule has 116 valence electrons. The van der Waals surface area contributed by atoms with E-state index in [1.807, 2.05) is 0 Å². The van der Waals surface area contributed by atoms with Crippen LogP contribution in [0.3, 0.4) is 0 Å². The molecule has 1 heterocycles. The maximum atomic E-state index is 11.9. The maximum absolute atomic E-state index is 11.9. The number of nitrogens with one attached hydrogen (secondary N) is 2. The van der Waals surface area contributed by atoms with Crippen LogP contribution in [0, 0.1) is 6.92 Å². The van der Waals surface area contributed by atoms with Crippen molar-refractivity contribution in [2.45, 2.75) is 39.8 Å². The first-order chi connectivity index (χ1) is 9.73. The smallest absolute Gasteiger partial charge is 0.408 e. The van der Waals surface area contributed by atoms with Gasteiger partial charge in [-0.1, -0.05) is 6.08 Å². The molecule has 7 heteroatoms. The van der Waals surface area contributed by atoms with Crippen LogP contribution in [0.2, 0.25) is 0 Å². The van der Waals surface area contributed by atoms with E-state index >= 15 is 0 Å². The maximum Gasteiger partial charge on any atom is 0.408 e. The van der Waals surface area contributed by atoms with Gasteiger partial charge in [-0.25, -0.2) is 9.78 Å². The molecule has 0 unspecified atom stereocenters. The predicted molar refractivity (Wildman–Crippen MR) is 82.5 cm³/mol. The second-order valence-corrected chi connectivity index (χ2v) is 6.46. The molecule has 0 aliphatic rings. The molecule has 2 N–H and O–H groups in total. The van der Waals surface area contributed by atoms with Crippen LogP contribution in [0.15, 0.2) is 12.7 Å². The zero-order chi connectivity index (χ0) is 16.0. The van der Waals surface area contributed by atoms with Crippen LogP contribution in [0.4, 0.5) is 4.79 Å². The van der Waals surface area contributed by atoms with Crippen LogP contribution in [0.25, 0.3) is 0 Å². The molecule has 0 aliphatic heterocycles. The highest BCUT2D eigenvalue weighted by Gasteiger charge is 2.18. The van der Waals surface area contributed by atoms with Crippen LogP contribution in [0.1, 0.15) is 41.1 Å². The van der Waals surface area contributed by atoms with Crippen LogP contribution in [0.5, 0.6) is 0 Å². The molecule has 0 bridgehead atoms. The Morgan fingerprint density at radius 1 is 1.38 bits per heavy atom. The van der Waals surface area contributed by atoms with Gasteiger partial charge in [0.05, 0.1) is 12.2 Å². The van der Waals surface area contributed by atoms with Gasteiger partial charge in [-0.05, 0) is 27.7 Å². The van der Waals surface area contributed by atoms with E-state index in [4.69, 9.17) is 4.74 Å². The minimum absolute atomic E-state index is 0.187. The first kappa shape index (κ1) is 17.2. The van der Waals surface area contributed by atoms with E-state index in [1.165, 1.54) is 11.3 Å². The van der Waals surface area contributed by atoms with Gasteiger partial charge in [0.2, 0.25) is 0 Å². The predicted octanol–water partition coefficient (Wildman–Crippen LogP) is 2.39. The van der Waals surface area contributed by atoms with Crippen molar-refractivity contribution in [3.63, 3.8) is 0 Å². The fraction of sp³-hybridized carbons (Fsp3) is 0.500. The molecule has 0 aromatic carbocycles. The number of aryl methyl sites for hydroxylation is 1. The summed E-state index contributed by atoms with van der Waals surface area (Å²) in [7, 11) is 0. The minimum Gasteiger partial charge on any atom is -0.444 e. The number of nitrogens with zero attached hydrogens (tertiary/aromatic N) is 1. The normalized spacial score (nSPS) is 10.9. The zero-order valence-corrected chi connectivity index (χ0v) is 13.6. The van der Waals surface area contributed by atoms with Gasteiger partial charge in [0, 0.05) is 6.54 Å². The molecule has 0 saturated heterocycles. The highest BCUT2D eigenvalue weighted by atomic mass is 32.1. The molecule has 0 atom stereocenters. The third-order valence-corrected chi connectivity index (χ3v) is 3.39. The minimum atomic E-state index is -0.543. The van der Waals surface area contributed by atoms with Gasteiger partial charge >= 0.3 is 6.09 Å². The summed E-state index contributed by atoms with van der Waals surface area (Å²) in [5.41, 5.74) is 0.0982. The summed E-state index contributed by atoms with van der Waals surface area (Å²) >= 11 is 1.25. The lowest BCUT2D eigenvalue weighted by Crippen LogP contribution is -2.32. The van der Waals surface area contributed by atoms with Crippen molar-refractivity contribution in [3.05, 3.63) is 28.2 Å². The van der Waals surface area contributed by atoms with Crippen molar-refractivity contribution in [1.82, 2.24) is 15.6 Å². The van der Waals surface area contributed by atoms with E-state index < -0.39 is 11.7 Å². The first-order valence-corrected chi connectivity index (χ1v) is 7.37. The number of aromatic nitrogens is 1. The summed E-state index contributed by atoms with van der Waals surface area (Å²) in [6.07, 6.45) is 1.10. The average molecular weight is 311 g/mol. The van der Waals surface area contributed by atoms with E-state index in [-0.39, 0.29) is 12.5 Å². The molecule has 6 nitrogen and oxygen atoms in total. The fourth-order valence-corrected chi connectivity index (χ4v) is 2.37. The molecule has 2 amide bonds. The Labute approximate surface area is 128 Å². The monoisotopic (exact) mass is 311 g/mol. The summed E-state index contributed by atoms with van der Waals surface area (Å²) in [5.74, 6) is -0.187. The molecule has 0 saturated carbocycles. The van der Waals surface area contributed by atoms with Gasteiger partial charge in [-0.3, -0.25) is 4.79 Å². The van der Waals surface area contributed by atoms with Gasteiger partial charge in [0.15, 0.2) is 0 Å². The average Bonchev–Trinajstić information content (AvgIpc) is 2.73. The van der Waals surface area contributed by atoms with Crippen molar-refractivity contribution in [3.8, 4) is 0 Å². The number of hydrogen-bond acceptors (Lipinski definition) is 5. The Bertz CT molecular complexity index is 532. The van der Waals surface area contributed by atoms with Crippen LogP contribution < -0.4 is 10.6 Å². The topological polar surface area (TPSA) is 80.3 Å². The Balaban J connectivity index is 2.60. The lowest BCUT2D eigenvalue weighted by atomic mass is 10.2. The van der Waals surface area contributed by atoms with E-state index in [0.717, 1.165) is 0 Å². The van der Waals surface area contributed by atoms with Crippen molar-refractivity contribution in [1.29, 1.82) is 0 Å². The molecule has 1 aromatic rings. The number of ether oxygens (including phenoxy) is 1. The lowest BCUT2D eigenvalue weighted by molar-refractivity contribution is 0.0523. The highest BCUT2D eigenvalue weighted by Crippen LogP contribution is 2.18. The zero-order valence-electron chi connectivity index (χ0n) is 12.8. The second kappa shape index (κ2) is 7.21. The third-order valence-electron chi connectivity index (χ3n) is 2.24. The molecule has 0 spiro atoms. The number of alkyl carbamates (subject to hydrolysis) is 1. The van der Waals surface area contributed by atoms with Gasteiger partial charge < -0.3 is 15.4 Å². The summed E-state index contributed by atoms with van der Waals surface area (Å²) in [5, 5.41) is 5.97. The molecule has 1 rings (SSSR count). The van der Waals surface area contributed by atoms with Crippen molar-refractivity contribution in [2.75, 3.05) is 6.54 Å². The lowest BCUT2D eigenvalue weighted by Gasteiger charge is -2.19. The number of carbonyl (C=O) groups excluding carboxylic acids is 2. The summed E-state index contributed by atoms with van der Waals surface area (Å²) < 4.78 is 5.13. The number of hydrogen-bond donors (Lipinski definition) is 2. The standard InChI is InChI=1S/C14H21N3O3S/c1-6-7-15-12(18)11-9(2)17-10(21-11)8-16-13(19)20-14(3,4)5/h6H,1,7-8H2,2-5H3,(H,15,18)(H,16,19). The molecule has 0 aliphatic carbocycles. The third kappa shape index (κ3) is 5.95. The molecule has 0 radical (unpaired) electrons. The van der Waals surface area contributed by atoms with Crippen LogP contribution in [-0.2, 0) is 11.3 Å². The molecule has 21 heavy (non-hydrogen) atoms. The van der Waals surface area contributed by atoms with E-state index in [9.17, 15) is 9.59 Å². The van der Waals surface area contributed by atoms with Crippen LogP contribution >= 0.6 is 11.3 Å². The number of carbonyl (C=O) groups is 2. The molecular formula is C14H21N3O3S. The summed E-state index contributed by atoms with van der Waals surface area (Å²) in [6, 6.07) is 0. The SMILES string of the molecule is C=CCNC(=O)c1sc(CNC(=O)OC(C)(C)C)nc1C. The Hall–Kier alpha value is -1.89. The Kier molecular flexibility index (Phi) is 5.90. The van der Waals surface area contributed by atoms with E-state index in [2.05, 4.69) is 22.2 Å². The fourth-order valence-electron chi connectivity index (χ4n) is 1.45. The van der Waals surface area contributed by atoms with Gasteiger partial charge in [-0.15, -0.1) is 17.9 Å².